The number of phenols is 1. The van der Waals surface area contributed by atoms with Gasteiger partial charge in [0.15, 0.2) is 5.96 Å². The van der Waals surface area contributed by atoms with Gasteiger partial charge in [0.1, 0.15) is 42.0 Å². The molecule has 17 nitrogen and oxygen atoms in total. The average Bonchev–Trinajstić information content (AvgIpc) is 3.78. The molecule has 3 aromatic rings. The van der Waals surface area contributed by atoms with Gasteiger partial charge in [0.05, 0.1) is 5.37 Å². The van der Waals surface area contributed by atoms with Gasteiger partial charge in [0, 0.05) is 42.2 Å². The Labute approximate surface area is 321 Å². The van der Waals surface area contributed by atoms with Crippen molar-refractivity contribution < 1.29 is 33.9 Å². The molecule has 0 unspecified atom stereocenters. The van der Waals surface area contributed by atoms with Crippen LogP contribution in [0.5, 0.6) is 5.75 Å². The van der Waals surface area contributed by atoms with Crippen LogP contribution in [-0.2, 0) is 41.6 Å². The first-order valence-electron chi connectivity index (χ1n) is 18.2. The van der Waals surface area contributed by atoms with Gasteiger partial charge in [-0.3, -0.25) is 33.8 Å². The number of nitrogens with two attached hydrogens (primary N) is 2. The number of guanidine groups is 1. The minimum absolute atomic E-state index is 0.0126. The molecule has 4 heterocycles. The van der Waals surface area contributed by atoms with E-state index in [2.05, 4.69) is 36.6 Å². The van der Waals surface area contributed by atoms with Crippen LogP contribution in [0.3, 0.4) is 0 Å². The molecule has 6 amide bonds. The van der Waals surface area contributed by atoms with Crippen molar-refractivity contribution in [2.75, 3.05) is 12.3 Å². The molecule has 0 spiro atoms. The van der Waals surface area contributed by atoms with Crippen LogP contribution in [0.25, 0.3) is 10.9 Å². The summed E-state index contributed by atoms with van der Waals surface area (Å²) < 4.78 is 0. The maximum atomic E-state index is 14.2. The molecular formula is C37H46N10O7S. The van der Waals surface area contributed by atoms with Gasteiger partial charge in [-0.05, 0) is 61.9 Å². The lowest BCUT2D eigenvalue weighted by molar-refractivity contribution is -0.146. The number of benzene rings is 2. The van der Waals surface area contributed by atoms with Crippen LogP contribution in [0.2, 0.25) is 0 Å². The number of rotatable bonds is 8. The molecule has 18 heteroatoms. The zero-order valence-corrected chi connectivity index (χ0v) is 31.1. The van der Waals surface area contributed by atoms with Crippen LogP contribution in [-0.4, -0.2) is 110 Å². The second-order valence-electron chi connectivity index (χ2n) is 14.0. The van der Waals surface area contributed by atoms with E-state index in [0.717, 1.165) is 16.5 Å². The summed E-state index contributed by atoms with van der Waals surface area (Å²) in [6.07, 6.45) is 2.89. The molecule has 2 bridgehead atoms. The number of para-hydroxylation sites is 1. The molecule has 3 fully saturated rings. The molecule has 0 aliphatic carbocycles. The number of aliphatic imine (C=N–C) groups is 1. The summed E-state index contributed by atoms with van der Waals surface area (Å²) in [6, 6.07) is 6.99. The highest BCUT2D eigenvalue weighted by Gasteiger charge is 2.48. The van der Waals surface area contributed by atoms with Crippen molar-refractivity contribution in [3.8, 4) is 5.75 Å². The number of fused-ring (bicyclic) bond motifs is 2. The van der Waals surface area contributed by atoms with E-state index in [4.69, 9.17) is 11.5 Å². The smallest absolute Gasteiger partial charge is 0.246 e. The van der Waals surface area contributed by atoms with Gasteiger partial charge in [-0.25, -0.2) is 0 Å². The largest absolute Gasteiger partial charge is 0.508 e. The van der Waals surface area contributed by atoms with Gasteiger partial charge in [0.2, 0.25) is 35.4 Å². The van der Waals surface area contributed by atoms with Crippen LogP contribution >= 0.6 is 11.8 Å². The highest BCUT2D eigenvalue weighted by molar-refractivity contribution is 8.00. The minimum atomic E-state index is -1.21. The van der Waals surface area contributed by atoms with Gasteiger partial charge in [-0.15, -0.1) is 11.8 Å². The summed E-state index contributed by atoms with van der Waals surface area (Å²) in [5.74, 6) is -3.46. The first-order chi connectivity index (χ1) is 26.4. The molecule has 3 saturated heterocycles. The highest BCUT2D eigenvalue weighted by atomic mass is 32.2. The van der Waals surface area contributed by atoms with Crippen LogP contribution in [0, 0.1) is 0 Å². The van der Waals surface area contributed by atoms with Crippen molar-refractivity contribution in [1.29, 1.82) is 0 Å². The Kier molecular flexibility index (Phi) is 12.1. The molecule has 3 aliphatic rings. The predicted molar refractivity (Wildman–Crippen MR) is 205 cm³/mol. The predicted octanol–water partition coefficient (Wildman–Crippen LogP) is -0.766. The van der Waals surface area contributed by atoms with E-state index in [1.807, 2.05) is 24.3 Å². The van der Waals surface area contributed by atoms with Crippen molar-refractivity contribution >= 4 is 64.1 Å². The summed E-state index contributed by atoms with van der Waals surface area (Å²) in [7, 11) is 0. The third-order valence-electron chi connectivity index (χ3n) is 10.0. The lowest BCUT2D eigenvalue weighted by Gasteiger charge is -2.37. The zero-order chi connectivity index (χ0) is 39.2. The monoisotopic (exact) mass is 774 g/mol. The molecule has 1 aromatic heterocycles. The van der Waals surface area contributed by atoms with E-state index in [9.17, 15) is 33.9 Å². The van der Waals surface area contributed by atoms with E-state index in [0.29, 0.717) is 24.2 Å². The van der Waals surface area contributed by atoms with E-state index in [1.165, 1.54) is 35.7 Å². The standard InChI is InChI=1S/C37H46N10O7S/c1-19-31(49)45-28(16-21-17-41-24-6-3-2-5-23(21)24)34(52)43-25(7-4-14-40-37(38)39)32(50)46-27(15-20-8-10-22(48)11-9-20)33(51)44-26-12-13-30-47(36(26)54)29(18-55-30)35(53)42-19/h2-3,5-6,8-11,17,19,25-30,41,48H,4,7,12-16,18H2,1H3,(H,42,53)(H,43,52)(H,44,51)(H,45,49)(H,46,50)(H4,38,39,40)/t19-,25-,26+,27+,28-,29+,30+/m0/s1. The average molecular weight is 775 g/mol. The summed E-state index contributed by atoms with van der Waals surface area (Å²) in [5, 5.41) is 24.3. The number of phenolic OH excluding ortho intramolecular Hbond substituents is 1. The van der Waals surface area contributed by atoms with Crippen LogP contribution < -0.4 is 38.1 Å². The minimum Gasteiger partial charge on any atom is -0.508 e. The van der Waals surface area contributed by atoms with Gasteiger partial charge < -0.3 is 53.0 Å². The summed E-state index contributed by atoms with van der Waals surface area (Å²) in [6.45, 7) is 1.63. The number of carbonyl (C=O) groups excluding carboxylic acids is 6. The van der Waals surface area contributed by atoms with Crippen LogP contribution in [0.15, 0.2) is 59.7 Å². The molecule has 292 valence electrons. The fraction of sp³-hybridized carbons (Fsp3) is 0.432. The summed E-state index contributed by atoms with van der Waals surface area (Å²) in [5.41, 5.74) is 13.2. The van der Waals surface area contributed by atoms with Gasteiger partial charge in [-0.1, -0.05) is 30.3 Å². The fourth-order valence-corrected chi connectivity index (χ4v) is 8.53. The number of thioether (sulfide) groups is 1. The zero-order valence-electron chi connectivity index (χ0n) is 30.2. The summed E-state index contributed by atoms with van der Waals surface area (Å²) >= 11 is 1.45. The molecule has 55 heavy (non-hydrogen) atoms. The Balaban J connectivity index is 1.35. The fourth-order valence-electron chi connectivity index (χ4n) is 7.10. The van der Waals surface area contributed by atoms with Crippen molar-refractivity contribution in [2.24, 2.45) is 16.5 Å². The molecule has 11 N–H and O–H groups in total. The van der Waals surface area contributed by atoms with Crippen LogP contribution in [0.4, 0.5) is 0 Å². The third kappa shape index (κ3) is 9.30. The molecule has 7 atom stereocenters. The SMILES string of the molecule is C[C@@H]1NC(=O)[C@H]2CS[C@@H]3CC[C@@H](NC(=O)[C@@H](Cc4ccc(O)cc4)NC(=O)[C@H](CCCN=C(N)N)NC(=O)[C@H](Cc4c[nH]c5ccccc45)NC1=O)C(=O)N23. The molecule has 2 aromatic carbocycles. The number of H-pyrrole nitrogens is 1. The van der Waals surface area contributed by atoms with Gasteiger partial charge in [0.25, 0.3) is 0 Å². The second kappa shape index (κ2) is 17.1. The second-order valence-corrected chi connectivity index (χ2v) is 15.2. The number of amides is 6. The van der Waals surface area contributed by atoms with Gasteiger partial charge in [-0.2, -0.15) is 0 Å². The van der Waals surface area contributed by atoms with Crippen molar-refractivity contribution in [2.45, 2.75) is 87.1 Å². The molecule has 3 aliphatic heterocycles. The van der Waals surface area contributed by atoms with Crippen molar-refractivity contribution in [3.05, 3.63) is 65.9 Å². The Bertz CT molecular complexity index is 1970. The highest BCUT2D eigenvalue weighted by Crippen LogP contribution is 2.36. The third-order valence-corrected chi connectivity index (χ3v) is 11.4. The number of aromatic hydroxyl groups is 1. The number of carbonyl (C=O) groups is 6. The van der Waals surface area contributed by atoms with Crippen molar-refractivity contribution in [3.63, 3.8) is 0 Å². The van der Waals surface area contributed by atoms with E-state index in [-0.39, 0.29) is 49.3 Å². The maximum Gasteiger partial charge on any atom is 0.246 e. The topological polar surface area (TPSA) is 266 Å². The number of hydrogen-bond acceptors (Lipinski definition) is 9. The Morgan fingerprint density at radius 3 is 2.25 bits per heavy atom. The van der Waals surface area contributed by atoms with E-state index < -0.39 is 71.7 Å². The maximum absolute atomic E-state index is 14.2. The van der Waals surface area contributed by atoms with Crippen LogP contribution in [0.1, 0.15) is 43.7 Å². The van der Waals surface area contributed by atoms with E-state index >= 15 is 0 Å². The normalized spacial score (nSPS) is 26.6. The number of aromatic amines is 1. The molecule has 0 radical (unpaired) electrons. The Morgan fingerprint density at radius 2 is 1.49 bits per heavy atom. The van der Waals surface area contributed by atoms with Crippen molar-refractivity contribution in [1.82, 2.24) is 36.5 Å². The number of hydrogen-bond donors (Lipinski definition) is 9. The Hall–Kier alpha value is -5.78. The molecule has 0 saturated carbocycles. The first kappa shape index (κ1) is 38.9. The number of piperidine rings is 1. The number of aromatic nitrogens is 1. The lowest BCUT2D eigenvalue weighted by atomic mass is 9.99. The number of nitrogens with one attached hydrogen (secondary N) is 6. The van der Waals surface area contributed by atoms with Gasteiger partial charge >= 0.3 is 0 Å². The van der Waals surface area contributed by atoms with E-state index in [1.54, 1.807) is 18.3 Å². The quantitative estimate of drug-likeness (QED) is 0.0784. The lowest BCUT2D eigenvalue weighted by Crippen LogP contribution is -2.63. The first-order valence-corrected chi connectivity index (χ1v) is 19.3. The molecular weight excluding hydrogens is 729 g/mol. The molecule has 6 rings (SSSR count). The number of nitrogens with zero attached hydrogens (tertiary/aromatic N) is 2. The Morgan fingerprint density at radius 1 is 0.818 bits per heavy atom. The summed E-state index contributed by atoms with van der Waals surface area (Å²) in [4.78, 5) is 92.2.